The summed E-state index contributed by atoms with van der Waals surface area (Å²) in [7, 11) is 0. The zero-order valence-corrected chi connectivity index (χ0v) is 12.8. The van der Waals surface area contributed by atoms with Gasteiger partial charge >= 0.3 is 11.9 Å². The molecular weight excluding hydrogens is 266 g/mol. The number of hydrogen-bond acceptors (Lipinski definition) is 5. The molecule has 5 nitrogen and oxygen atoms in total. The van der Waals surface area contributed by atoms with Gasteiger partial charge < -0.3 is 15.6 Å². The summed E-state index contributed by atoms with van der Waals surface area (Å²) in [6.45, 7) is 5.91. The molecule has 3 N–H and O–H groups in total. The van der Waals surface area contributed by atoms with Gasteiger partial charge in [-0.1, -0.05) is 6.42 Å². The van der Waals surface area contributed by atoms with Crippen LogP contribution >= 0.6 is 11.8 Å². The lowest BCUT2D eigenvalue weighted by atomic mass is 10.1. The molecule has 0 amide bonds. The molecule has 0 bridgehead atoms. The van der Waals surface area contributed by atoms with E-state index < -0.39 is 16.8 Å². The lowest BCUT2D eigenvalue weighted by Gasteiger charge is -2.27. The monoisotopic (exact) mass is 291 g/mol. The molecule has 0 aromatic carbocycles. The predicted octanol–water partition coefficient (Wildman–Crippen LogP) is 2.03. The molecule has 0 saturated carbocycles. The molecule has 0 unspecified atom stereocenters. The normalized spacial score (nSPS) is 13.1. The molecule has 6 heteroatoms. The highest BCUT2D eigenvalue weighted by Gasteiger charge is 2.32. The summed E-state index contributed by atoms with van der Waals surface area (Å²) in [5.41, 5.74) is 5.63. The molecule has 0 saturated heterocycles. The second kappa shape index (κ2) is 9.20. The standard InChI is InChI=1S/C13H25NO4S/c1-4-18-10(15)8-6-5-7-9-19-13(2,3)11(14)12(16)17/h11H,4-9,14H2,1-3H3,(H,16,17)/t11-/m1/s1. The number of unbranched alkanes of at least 4 members (excludes halogenated alkanes) is 2. The van der Waals surface area contributed by atoms with Crippen LogP contribution in [0.2, 0.25) is 0 Å². The van der Waals surface area contributed by atoms with Gasteiger partial charge in [0.15, 0.2) is 0 Å². The lowest BCUT2D eigenvalue weighted by molar-refractivity contribution is -0.143. The molecule has 0 heterocycles. The Morgan fingerprint density at radius 3 is 2.47 bits per heavy atom. The molecule has 0 radical (unpaired) electrons. The maximum atomic E-state index is 11.1. The van der Waals surface area contributed by atoms with Crippen LogP contribution in [-0.4, -0.2) is 40.2 Å². The van der Waals surface area contributed by atoms with Gasteiger partial charge in [0.05, 0.1) is 6.61 Å². The van der Waals surface area contributed by atoms with Crippen LogP contribution in [-0.2, 0) is 14.3 Å². The highest BCUT2D eigenvalue weighted by molar-refractivity contribution is 8.00. The Hall–Kier alpha value is -0.750. The number of carbonyl (C=O) groups excluding carboxylic acids is 1. The van der Waals surface area contributed by atoms with Crippen molar-refractivity contribution in [3.8, 4) is 0 Å². The number of ether oxygens (including phenoxy) is 1. The molecular formula is C13H25NO4S. The smallest absolute Gasteiger partial charge is 0.321 e. The Morgan fingerprint density at radius 2 is 1.95 bits per heavy atom. The molecule has 0 rings (SSSR count). The van der Waals surface area contributed by atoms with E-state index in [1.54, 1.807) is 18.7 Å². The summed E-state index contributed by atoms with van der Waals surface area (Å²) in [6, 6.07) is -0.864. The number of rotatable bonds is 10. The summed E-state index contributed by atoms with van der Waals surface area (Å²) < 4.78 is 4.36. The fourth-order valence-corrected chi connectivity index (χ4v) is 2.66. The third-order valence-corrected chi connectivity index (χ3v) is 4.31. The Morgan fingerprint density at radius 1 is 1.32 bits per heavy atom. The molecule has 0 aromatic heterocycles. The Bertz CT molecular complexity index is 294. The Kier molecular flexibility index (Phi) is 8.84. The van der Waals surface area contributed by atoms with Crippen molar-refractivity contribution >= 4 is 23.7 Å². The minimum absolute atomic E-state index is 0.150. The highest BCUT2D eigenvalue weighted by atomic mass is 32.2. The zero-order chi connectivity index (χ0) is 14.9. The first kappa shape index (κ1) is 18.2. The average molecular weight is 291 g/mol. The fraction of sp³-hybridized carbons (Fsp3) is 0.846. The third-order valence-electron chi connectivity index (χ3n) is 2.82. The summed E-state index contributed by atoms with van der Waals surface area (Å²) in [4.78, 5) is 21.9. The van der Waals surface area contributed by atoms with Gasteiger partial charge in [0.1, 0.15) is 6.04 Å². The second-order valence-electron chi connectivity index (χ2n) is 4.88. The molecule has 0 aliphatic carbocycles. The van der Waals surface area contributed by atoms with Crippen LogP contribution in [0.5, 0.6) is 0 Å². The van der Waals surface area contributed by atoms with Gasteiger partial charge in [0.25, 0.3) is 0 Å². The molecule has 0 aliphatic heterocycles. The van der Waals surface area contributed by atoms with Crippen molar-refractivity contribution in [2.24, 2.45) is 5.73 Å². The van der Waals surface area contributed by atoms with Crippen molar-refractivity contribution in [3.05, 3.63) is 0 Å². The number of thioether (sulfide) groups is 1. The largest absolute Gasteiger partial charge is 0.480 e. The molecule has 112 valence electrons. The number of aliphatic carboxylic acids is 1. The zero-order valence-electron chi connectivity index (χ0n) is 12.0. The first-order chi connectivity index (χ1) is 8.81. The van der Waals surface area contributed by atoms with Crippen LogP contribution in [0, 0.1) is 0 Å². The topological polar surface area (TPSA) is 89.6 Å². The van der Waals surface area contributed by atoms with Gasteiger partial charge in [-0.25, -0.2) is 0 Å². The van der Waals surface area contributed by atoms with E-state index >= 15 is 0 Å². The van der Waals surface area contributed by atoms with E-state index in [9.17, 15) is 9.59 Å². The fourth-order valence-electron chi connectivity index (χ4n) is 1.50. The van der Waals surface area contributed by atoms with Crippen molar-refractivity contribution < 1.29 is 19.4 Å². The second-order valence-corrected chi connectivity index (χ2v) is 6.63. The van der Waals surface area contributed by atoms with Gasteiger partial charge in [0, 0.05) is 11.2 Å². The molecule has 0 aliphatic rings. The summed E-state index contributed by atoms with van der Waals surface area (Å²) in [6.07, 6.45) is 3.14. The maximum Gasteiger partial charge on any atom is 0.321 e. The lowest BCUT2D eigenvalue weighted by Crippen LogP contribution is -2.46. The summed E-state index contributed by atoms with van der Waals surface area (Å²) in [5, 5.41) is 8.88. The summed E-state index contributed by atoms with van der Waals surface area (Å²) in [5.74, 6) is -0.278. The van der Waals surface area contributed by atoms with E-state index in [0.717, 1.165) is 25.0 Å². The predicted molar refractivity (Wildman–Crippen MR) is 77.2 cm³/mol. The quantitative estimate of drug-likeness (QED) is 0.473. The number of carbonyl (C=O) groups is 2. The first-order valence-corrected chi connectivity index (χ1v) is 7.57. The van der Waals surface area contributed by atoms with Crippen molar-refractivity contribution in [2.75, 3.05) is 12.4 Å². The molecule has 0 fully saturated rings. The van der Waals surface area contributed by atoms with E-state index in [0.29, 0.717) is 13.0 Å². The summed E-state index contributed by atoms with van der Waals surface area (Å²) >= 11 is 1.56. The van der Waals surface area contributed by atoms with Crippen molar-refractivity contribution in [2.45, 2.75) is 57.2 Å². The minimum Gasteiger partial charge on any atom is -0.480 e. The van der Waals surface area contributed by atoms with E-state index in [-0.39, 0.29) is 5.97 Å². The molecule has 0 spiro atoms. The van der Waals surface area contributed by atoms with Crippen LogP contribution in [0.4, 0.5) is 0 Å². The number of nitrogens with two attached hydrogens (primary N) is 1. The van der Waals surface area contributed by atoms with E-state index in [4.69, 9.17) is 15.6 Å². The minimum atomic E-state index is -0.972. The maximum absolute atomic E-state index is 11.1. The highest BCUT2D eigenvalue weighted by Crippen LogP contribution is 2.28. The number of hydrogen-bond donors (Lipinski definition) is 2. The number of esters is 1. The third kappa shape index (κ3) is 8.10. The first-order valence-electron chi connectivity index (χ1n) is 6.59. The SMILES string of the molecule is CCOC(=O)CCCCCSC(C)(C)[C@H](N)C(=O)O. The van der Waals surface area contributed by atoms with E-state index in [1.165, 1.54) is 0 Å². The average Bonchev–Trinajstić information content (AvgIpc) is 2.32. The van der Waals surface area contributed by atoms with Crippen LogP contribution in [0.1, 0.15) is 46.5 Å². The molecule has 0 aromatic rings. The molecule has 1 atom stereocenters. The van der Waals surface area contributed by atoms with E-state index in [2.05, 4.69) is 0 Å². The number of carboxylic acid groups (broad SMARTS) is 1. The van der Waals surface area contributed by atoms with Gasteiger partial charge in [-0.15, -0.1) is 0 Å². The van der Waals surface area contributed by atoms with Crippen molar-refractivity contribution in [3.63, 3.8) is 0 Å². The van der Waals surface area contributed by atoms with Crippen LogP contribution in [0.15, 0.2) is 0 Å². The van der Waals surface area contributed by atoms with Crippen molar-refractivity contribution in [1.82, 2.24) is 0 Å². The Balaban J connectivity index is 3.69. The van der Waals surface area contributed by atoms with Crippen LogP contribution in [0.25, 0.3) is 0 Å². The van der Waals surface area contributed by atoms with Gasteiger partial charge in [0.2, 0.25) is 0 Å². The van der Waals surface area contributed by atoms with Crippen LogP contribution < -0.4 is 5.73 Å². The van der Waals surface area contributed by atoms with Crippen LogP contribution in [0.3, 0.4) is 0 Å². The van der Waals surface area contributed by atoms with Gasteiger partial charge in [-0.05, 0) is 39.4 Å². The Labute approximate surface area is 119 Å². The van der Waals surface area contributed by atoms with Crippen molar-refractivity contribution in [1.29, 1.82) is 0 Å². The number of carboxylic acids is 1. The van der Waals surface area contributed by atoms with Gasteiger partial charge in [-0.3, -0.25) is 9.59 Å². The van der Waals surface area contributed by atoms with E-state index in [1.807, 2.05) is 13.8 Å². The van der Waals surface area contributed by atoms with Gasteiger partial charge in [-0.2, -0.15) is 11.8 Å². The molecule has 19 heavy (non-hydrogen) atoms.